The third-order valence-electron chi connectivity index (χ3n) is 4.32. The molecule has 0 aliphatic heterocycles. The lowest BCUT2D eigenvalue weighted by molar-refractivity contribution is 0.418. The van der Waals surface area contributed by atoms with Crippen LogP contribution in [0.2, 0.25) is 0 Å². The highest BCUT2D eigenvalue weighted by Crippen LogP contribution is 2.58. The van der Waals surface area contributed by atoms with Gasteiger partial charge in [0.2, 0.25) is 0 Å². The van der Waals surface area contributed by atoms with Gasteiger partial charge in [-0.3, -0.25) is 9.34 Å². The standard InChI is InChI=1S/C18H29N2P.B/c1-5-19(6-2)21(20(7-3)8-4)18-15-11-13-16-12-9-10-14-17(16)18;/h9-12,14-15,18H,5-8,13H2,1-4H3;. The highest BCUT2D eigenvalue weighted by molar-refractivity contribution is 7.53. The van der Waals surface area contributed by atoms with Crippen LogP contribution in [0, 0.1) is 0 Å². The van der Waals surface area contributed by atoms with Gasteiger partial charge in [0, 0.05) is 40.3 Å². The van der Waals surface area contributed by atoms with Gasteiger partial charge in [-0.15, -0.1) is 0 Å². The average molecular weight is 315 g/mol. The van der Waals surface area contributed by atoms with Gasteiger partial charge in [-0.05, 0) is 17.5 Å². The van der Waals surface area contributed by atoms with Crippen LogP contribution in [0.15, 0.2) is 36.4 Å². The van der Waals surface area contributed by atoms with E-state index in [0.29, 0.717) is 5.66 Å². The van der Waals surface area contributed by atoms with Gasteiger partial charge in [0.25, 0.3) is 0 Å². The Morgan fingerprint density at radius 3 is 2.05 bits per heavy atom. The fourth-order valence-electron chi connectivity index (χ4n) is 3.20. The second kappa shape index (κ2) is 9.50. The first-order chi connectivity index (χ1) is 10.3. The maximum absolute atomic E-state index is 2.67. The molecule has 1 aliphatic rings. The smallest absolute Gasteiger partial charge is 0.0513 e. The van der Waals surface area contributed by atoms with E-state index in [1.54, 1.807) is 5.56 Å². The van der Waals surface area contributed by atoms with E-state index in [1.807, 2.05) is 0 Å². The second-order valence-corrected chi connectivity index (χ2v) is 7.70. The summed E-state index contributed by atoms with van der Waals surface area (Å²) in [5.74, 6) is 0. The van der Waals surface area contributed by atoms with E-state index < -0.39 is 0 Å². The summed E-state index contributed by atoms with van der Waals surface area (Å²) < 4.78 is 5.33. The summed E-state index contributed by atoms with van der Waals surface area (Å²) in [7, 11) is -0.313. The minimum Gasteiger partial charge on any atom is -0.270 e. The molecule has 1 aliphatic carbocycles. The molecule has 1 aromatic rings. The summed E-state index contributed by atoms with van der Waals surface area (Å²) in [5, 5.41) is 0. The first-order valence-corrected chi connectivity index (χ1v) is 9.61. The molecule has 4 heteroatoms. The number of rotatable bonds is 7. The maximum atomic E-state index is 2.67. The number of hydrogen-bond donors (Lipinski definition) is 0. The molecule has 0 N–H and O–H groups in total. The summed E-state index contributed by atoms with van der Waals surface area (Å²) >= 11 is 0. The molecule has 2 rings (SSSR count). The molecule has 0 saturated heterocycles. The molecule has 0 heterocycles. The predicted octanol–water partition coefficient (Wildman–Crippen LogP) is 4.45. The van der Waals surface area contributed by atoms with Crippen LogP contribution < -0.4 is 0 Å². The number of allylic oxidation sites excluding steroid dienone is 2. The van der Waals surface area contributed by atoms with Gasteiger partial charge in [0.1, 0.15) is 0 Å². The molecular formula is C18H29BN2P. The van der Waals surface area contributed by atoms with Crippen LogP contribution in [-0.4, -0.2) is 43.9 Å². The van der Waals surface area contributed by atoms with Crippen molar-refractivity contribution in [2.75, 3.05) is 26.2 Å². The summed E-state index contributed by atoms with van der Waals surface area (Å²) in [4.78, 5) is 0. The summed E-state index contributed by atoms with van der Waals surface area (Å²) in [6, 6.07) is 9.00. The molecule has 119 valence electrons. The van der Waals surface area contributed by atoms with Crippen molar-refractivity contribution in [2.45, 2.75) is 39.8 Å². The van der Waals surface area contributed by atoms with Crippen LogP contribution in [-0.2, 0) is 6.42 Å². The van der Waals surface area contributed by atoms with Gasteiger partial charge in [-0.1, -0.05) is 64.1 Å². The van der Waals surface area contributed by atoms with E-state index in [2.05, 4.69) is 73.5 Å². The summed E-state index contributed by atoms with van der Waals surface area (Å²) in [5.41, 5.74) is 3.60. The monoisotopic (exact) mass is 315 g/mol. The Morgan fingerprint density at radius 2 is 1.50 bits per heavy atom. The van der Waals surface area contributed by atoms with Crippen LogP contribution in [0.25, 0.3) is 0 Å². The zero-order chi connectivity index (χ0) is 15.2. The van der Waals surface area contributed by atoms with Crippen molar-refractivity contribution >= 4 is 16.6 Å². The van der Waals surface area contributed by atoms with E-state index in [0.717, 1.165) is 32.6 Å². The lowest BCUT2D eigenvalue weighted by Crippen LogP contribution is -2.31. The van der Waals surface area contributed by atoms with Crippen LogP contribution in [0.3, 0.4) is 0 Å². The fraction of sp³-hybridized carbons (Fsp3) is 0.556. The Labute approximate surface area is 140 Å². The largest absolute Gasteiger partial charge is 0.270 e. The Balaban J connectivity index is 0.00000242. The van der Waals surface area contributed by atoms with Gasteiger partial charge in [0.15, 0.2) is 0 Å². The molecule has 2 nitrogen and oxygen atoms in total. The van der Waals surface area contributed by atoms with Crippen molar-refractivity contribution in [1.29, 1.82) is 0 Å². The number of hydrogen-bond acceptors (Lipinski definition) is 2. The zero-order valence-electron chi connectivity index (χ0n) is 14.5. The number of nitrogens with zero attached hydrogens (tertiary/aromatic N) is 2. The summed E-state index contributed by atoms with van der Waals surface area (Å²) in [6.07, 6.45) is 5.92. The number of fused-ring (bicyclic) bond motifs is 1. The Morgan fingerprint density at radius 1 is 0.955 bits per heavy atom. The molecule has 1 atom stereocenters. The van der Waals surface area contributed by atoms with Gasteiger partial charge in [0.05, 0.1) is 8.22 Å². The van der Waals surface area contributed by atoms with Crippen molar-refractivity contribution in [1.82, 2.24) is 9.34 Å². The first-order valence-electron chi connectivity index (χ1n) is 8.30. The highest BCUT2D eigenvalue weighted by Gasteiger charge is 2.32. The lowest BCUT2D eigenvalue weighted by Gasteiger charge is -2.43. The zero-order valence-corrected chi connectivity index (χ0v) is 15.4. The Kier molecular flexibility index (Phi) is 8.39. The highest BCUT2D eigenvalue weighted by atomic mass is 31.1. The Hall–Kier alpha value is -0.625. The van der Waals surface area contributed by atoms with Gasteiger partial charge >= 0.3 is 0 Å². The molecule has 0 saturated carbocycles. The molecule has 0 bridgehead atoms. The van der Waals surface area contributed by atoms with Gasteiger partial charge in [-0.25, -0.2) is 0 Å². The van der Waals surface area contributed by atoms with E-state index in [-0.39, 0.29) is 16.6 Å². The predicted molar refractivity (Wildman–Crippen MR) is 101 cm³/mol. The van der Waals surface area contributed by atoms with Crippen LogP contribution in [0.4, 0.5) is 0 Å². The Bertz CT molecular complexity index is 458. The van der Waals surface area contributed by atoms with Crippen LogP contribution >= 0.6 is 8.22 Å². The molecule has 0 spiro atoms. The first kappa shape index (κ1) is 19.4. The normalized spacial score (nSPS) is 17.0. The van der Waals surface area contributed by atoms with Gasteiger partial charge < -0.3 is 0 Å². The number of benzene rings is 1. The van der Waals surface area contributed by atoms with Crippen molar-refractivity contribution in [2.24, 2.45) is 0 Å². The van der Waals surface area contributed by atoms with Crippen molar-refractivity contribution < 1.29 is 0 Å². The van der Waals surface area contributed by atoms with Crippen molar-refractivity contribution in [3.63, 3.8) is 0 Å². The molecule has 22 heavy (non-hydrogen) atoms. The SMILES string of the molecule is CCN(CC)P(C1C=CCc2ccccc21)N(CC)CC.[B]. The maximum Gasteiger partial charge on any atom is 0.0513 e. The molecule has 0 amide bonds. The quantitative estimate of drug-likeness (QED) is 0.416. The summed E-state index contributed by atoms with van der Waals surface area (Å²) in [6.45, 7) is 13.7. The minimum atomic E-state index is -0.313. The van der Waals surface area contributed by atoms with Crippen molar-refractivity contribution in [3.8, 4) is 0 Å². The second-order valence-electron chi connectivity index (χ2n) is 5.37. The molecule has 3 radical (unpaired) electrons. The van der Waals surface area contributed by atoms with E-state index >= 15 is 0 Å². The van der Waals surface area contributed by atoms with E-state index in [1.165, 1.54) is 5.56 Å². The molecule has 0 aromatic heterocycles. The van der Waals surface area contributed by atoms with Gasteiger partial charge in [-0.2, -0.15) is 0 Å². The minimum absolute atomic E-state index is 0. The average Bonchev–Trinajstić information content (AvgIpc) is 2.55. The third kappa shape index (κ3) is 4.01. The van der Waals surface area contributed by atoms with E-state index in [4.69, 9.17) is 0 Å². The fourth-order valence-corrected chi connectivity index (χ4v) is 6.19. The molecule has 0 fully saturated rings. The van der Waals surface area contributed by atoms with Crippen LogP contribution in [0.1, 0.15) is 44.5 Å². The van der Waals surface area contributed by atoms with Crippen molar-refractivity contribution in [3.05, 3.63) is 47.5 Å². The van der Waals surface area contributed by atoms with E-state index in [9.17, 15) is 0 Å². The topological polar surface area (TPSA) is 6.48 Å². The van der Waals surface area contributed by atoms with Crippen LogP contribution in [0.5, 0.6) is 0 Å². The molecule has 1 unspecified atom stereocenters. The third-order valence-corrected chi connectivity index (χ3v) is 7.56. The molecule has 1 aromatic carbocycles. The molecular weight excluding hydrogens is 286 g/mol. The lowest BCUT2D eigenvalue weighted by atomic mass is 9.97.